The van der Waals surface area contributed by atoms with E-state index in [1.807, 2.05) is 0 Å². The van der Waals surface area contributed by atoms with Gasteiger partial charge in [-0.3, -0.25) is 0 Å². The highest BCUT2D eigenvalue weighted by Gasteiger charge is 2.06. The van der Waals surface area contributed by atoms with Crippen molar-refractivity contribution in [1.82, 2.24) is 5.32 Å². The van der Waals surface area contributed by atoms with Gasteiger partial charge in [0.15, 0.2) is 0 Å². The van der Waals surface area contributed by atoms with E-state index in [2.05, 4.69) is 59.4 Å². The number of aryl methyl sites for hydroxylation is 1. The normalized spacial score (nSPS) is 12.4. The maximum absolute atomic E-state index is 13.0. The zero-order valence-corrected chi connectivity index (χ0v) is 12.7. The molecule has 0 spiro atoms. The highest BCUT2D eigenvalue weighted by Crippen LogP contribution is 2.19. The van der Waals surface area contributed by atoms with Gasteiger partial charge in [0.1, 0.15) is 5.82 Å². The van der Waals surface area contributed by atoms with E-state index in [1.54, 1.807) is 6.07 Å². The van der Waals surface area contributed by atoms with Gasteiger partial charge in [0.25, 0.3) is 0 Å². The van der Waals surface area contributed by atoms with Gasteiger partial charge in [-0.25, -0.2) is 4.39 Å². The second-order valence-corrected chi connectivity index (χ2v) is 5.60. The molecule has 0 bridgehead atoms. The average molecular weight is 322 g/mol. The molecule has 0 saturated carbocycles. The second kappa shape index (κ2) is 6.31. The topological polar surface area (TPSA) is 12.0 Å². The molecule has 1 unspecified atom stereocenters. The molecule has 1 atom stereocenters. The summed E-state index contributed by atoms with van der Waals surface area (Å²) in [5, 5.41) is 3.44. The Morgan fingerprint density at radius 2 is 1.84 bits per heavy atom. The number of hydrogen-bond acceptors (Lipinski definition) is 1. The maximum Gasteiger partial charge on any atom is 0.124 e. The molecule has 1 N–H and O–H groups in total. The molecule has 0 heterocycles. The van der Waals surface area contributed by atoms with Gasteiger partial charge in [0.05, 0.1) is 0 Å². The summed E-state index contributed by atoms with van der Waals surface area (Å²) < 4.78 is 13.8. The summed E-state index contributed by atoms with van der Waals surface area (Å²) in [6.45, 7) is 4.91. The van der Waals surface area contributed by atoms with E-state index in [4.69, 9.17) is 0 Å². The lowest BCUT2D eigenvalue weighted by atomic mass is 10.1. The van der Waals surface area contributed by atoms with Gasteiger partial charge in [0.2, 0.25) is 0 Å². The van der Waals surface area contributed by atoms with Crippen LogP contribution in [-0.4, -0.2) is 0 Å². The predicted molar refractivity (Wildman–Crippen MR) is 80.5 cm³/mol. The minimum absolute atomic E-state index is 0.220. The Hall–Kier alpha value is -1.19. The minimum Gasteiger partial charge on any atom is -0.306 e. The fourth-order valence-corrected chi connectivity index (χ4v) is 2.39. The Morgan fingerprint density at radius 3 is 2.47 bits per heavy atom. The van der Waals surface area contributed by atoms with Crippen molar-refractivity contribution < 1.29 is 4.39 Å². The number of benzene rings is 2. The molecule has 0 saturated heterocycles. The van der Waals surface area contributed by atoms with Gasteiger partial charge in [-0.05, 0) is 37.1 Å². The minimum atomic E-state index is -0.220. The van der Waals surface area contributed by atoms with Crippen LogP contribution in [0.25, 0.3) is 0 Å². The highest BCUT2D eigenvalue weighted by molar-refractivity contribution is 9.10. The van der Waals surface area contributed by atoms with Crippen molar-refractivity contribution in [2.24, 2.45) is 0 Å². The first-order valence-corrected chi connectivity index (χ1v) is 7.09. The van der Waals surface area contributed by atoms with Crippen molar-refractivity contribution in [3.05, 3.63) is 69.4 Å². The third kappa shape index (κ3) is 3.88. The van der Waals surface area contributed by atoms with Gasteiger partial charge in [-0.1, -0.05) is 51.8 Å². The van der Waals surface area contributed by atoms with E-state index in [1.165, 1.54) is 23.3 Å². The smallest absolute Gasteiger partial charge is 0.124 e. The molecule has 0 aliphatic heterocycles. The van der Waals surface area contributed by atoms with Crippen LogP contribution in [0.4, 0.5) is 4.39 Å². The van der Waals surface area contributed by atoms with Gasteiger partial charge in [-0.15, -0.1) is 0 Å². The molecule has 0 radical (unpaired) electrons. The summed E-state index contributed by atoms with van der Waals surface area (Å²) in [7, 11) is 0. The molecule has 0 amide bonds. The molecule has 3 heteroatoms. The van der Waals surface area contributed by atoms with Gasteiger partial charge in [0, 0.05) is 17.1 Å². The fraction of sp³-hybridized carbons (Fsp3) is 0.250. The molecule has 2 aromatic carbocycles. The van der Waals surface area contributed by atoms with Crippen LogP contribution in [0.15, 0.2) is 46.9 Å². The van der Waals surface area contributed by atoms with E-state index >= 15 is 0 Å². The third-order valence-electron chi connectivity index (χ3n) is 3.19. The van der Waals surface area contributed by atoms with Crippen molar-refractivity contribution >= 4 is 15.9 Å². The molecule has 2 aromatic rings. The largest absolute Gasteiger partial charge is 0.306 e. The summed E-state index contributed by atoms with van der Waals surface area (Å²) >= 11 is 3.38. The molecule has 0 fully saturated rings. The summed E-state index contributed by atoms with van der Waals surface area (Å²) in [6.07, 6.45) is 0. The Morgan fingerprint density at radius 1 is 1.16 bits per heavy atom. The van der Waals surface area contributed by atoms with Crippen LogP contribution in [0, 0.1) is 12.7 Å². The van der Waals surface area contributed by atoms with Crippen LogP contribution < -0.4 is 5.32 Å². The summed E-state index contributed by atoms with van der Waals surface area (Å²) in [4.78, 5) is 0. The lowest BCUT2D eigenvalue weighted by Crippen LogP contribution is -2.18. The van der Waals surface area contributed by atoms with Crippen LogP contribution in [0.3, 0.4) is 0 Å². The van der Waals surface area contributed by atoms with Crippen molar-refractivity contribution in [2.75, 3.05) is 0 Å². The molecule has 19 heavy (non-hydrogen) atoms. The molecule has 0 aliphatic rings. The zero-order valence-electron chi connectivity index (χ0n) is 11.1. The molecule has 100 valence electrons. The number of halogens is 2. The lowest BCUT2D eigenvalue weighted by Gasteiger charge is -2.15. The van der Waals surface area contributed by atoms with Crippen molar-refractivity contribution in [1.29, 1.82) is 0 Å². The Bertz CT molecular complexity index is 551. The van der Waals surface area contributed by atoms with Gasteiger partial charge in [-0.2, -0.15) is 0 Å². The Kier molecular flexibility index (Phi) is 4.72. The Balaban J connectivity index is 2.00. The van der Waals surface area contributed by atoms with E-state index in [9.17, 15) is 4.39 Å². The van der Waals surface area contributed by atoms with Crippen molar-refractivity contribution in [2.45, 2.75) is 26.4 Å². The maximum atomic E-state index is 13.0. The predicted octanol–water partition coefficient (Wildman–Crippen LogP) is 4.75. The second-order valence-electron chi connectivity index (χ2n) is 4.75. The summed E-state index contributed by atoms with van der Waals surface area (Å²) in [5.74, 6) is -0.220. The molecule has 0 aliphatic carbocycles. The number of hydrogen-bond donors (Lipinski definition) is 1. The fourth-order valence-electron chi connectivity index (χ4n) is 1.90. The third-order valence-corrected chi connectivity index (χ3v) is 3.93. The lowest BCUT2D eigenvalue weighted by molar-refractivity contribution is 0.571. The van der Waals surface area contributed by atoms with Crippen molar-refractivity contribution in [3.8, 4) is 0 Å². The summed E-state index contributed by atoms with van der Waals surface area (Å²) in [6, 6.07) is 13.5. The van der Waals surface area contributed by atoms with Crippen molar-refractivity contribution in [3.63, 3.8) is 0 Å². The molecular formula is C16H17BrFN. The zero-order chi connectivity index (χ0) is 13.8. The number of nitrogens with one attached hydrogen (secondary N) is 1. The van der Waals surface area contributed by atoms with Crippen LogP contribution in [0.5, 0.6) is 0 Å². The first-order chi connectivity index (χ1) is 9.06. The standard InChI is InChI=1S/C16H17BrFN/c1-11-3-5-13(6-4-11)12(2)19-10-14-7-8-15(18)9-16(14)17/h3-9,12,19H,10H2,1-2H3. The monoisotopic (exact) mass is 321 g/mol. The molecule has 0 aromatic heterocycles. The molecular weight excluding hydrogens is 305 g/mol. The average Bonchev–Trinajstić information content (AvgIpc) is 2.38. The van der Waals surface area contributed by atoms with E-state index < -0.39 is 0 Å². The quantitative estimate of drug-likeness (QED) is 0.857. The molecule has 1 nitrogen and oxygen atoms in total. The van der Waals surface area contributed by atoms with Gasteiger partial charge >= 0.3 is 0 Å². The van der Waals surface area contributed by atoms with E-state index in [-0.39, 0.29) is 11.9 Å². The molecule has 2 rings (SSSR count). The van der Waals surface area contributed by atoms with Crippen LogP contribution in [0.1, 0.15) is 29.7 Å². The summed E-state index contributed by atoms with van der Waals surface area (Å²) in [5.41, 5.74) is 3.57. The van der Waals surface area contributed by atoms with Crippen LogP contribution in [0.2, 0.25) is 0 Å². The van der Waals surface area contributed by atoms with Gasteiger partial charge < -0.3 is 5.32 Å². The van der Waals surface area contributed by atoms with Crippen LogP contribution in [-0.2, 0) is 6.54 Å². The van der Waals surface area contributed by atoms with E-state index in [0.29, 0.717) is 6.54 Å². The number of rotatable bonds is 4. The highest BCUT2D eigenvalue weighted by atomic mass is 79.9. The first-order valence-electron chi connectivity index (χ1n) is 6.30. The van der Waals surface area contributed by atoms with Crippen LogP contribution >= 0.6 is 15.9 Å². The van der Waals surface area contributed by atoms with E-state index in [0.717, 1.165) is 10.0 Å². The first kappa shape index (κ1) is 14.2. The Labute approximate surface area is 122 Å². The SMILES string of the molecule is Cc1ccc(C(C)NCc2ccc(F)cc2Br)cc1.